The molecule has 132 valence electrons. The van der Waals surface area contributed by atoms with Crippen LogP contribution < -0.4 is 4.90 Å². The van der Waals surface area contributed by atoms with Crippen molar-refractivity contribution in [2.24, 2.45) is 4.99 Å². The van der Waals surface area contributed by atoms with Gasteiger partial charge in [-0.3, -0.25) is 4.99 Å². The highest BCUT2D eigenvalue weighted by Crippen LogP contribution is 2.39. The van der Waals surface area contributed by atoms with Crippen LogP contribution in [0.15, 0.2) is 23.2 Å². The smallest absolute Gasteiger partial charge is 0.360 e. The summed E-state index contributed by atoms with van der Waals surface area (Å²) in [7, 11) is 0. The molecule has 0 aliphatic carbocycles. The highest BCUT2D eigenvalue weighted by molar-refractivity contribution is 5.91. The number of carbonyl (C=O) groups is 1. The molecule has 0 bridgehead atoms. The number of esters is 1. The highest BCUT2D eigenvalue weighted by Gasteiger charge is 2.46. The van der Waals surface area contributed by atoms with Crippen LogP contribution in [0.5, 0.6) is 0 Å². The molecule has 0 radical (unpaired) electrons. The van der Waals surface area contributed by atoms with Crippen molar-refractivity contribution in [2.45, 2.75) is 31.8 Å². The van der Waals surface area contributed by atoms with Gasteiger partial charge in [-0.2, -0.15) is 5.26 Å². The molecule has 0 saturated heterocycles. The number of hydrogen-bond acceptors (Lipinski definition) is 7. The van der Waals surface area contributed by atoms with Crippen molar-refractivity contribution in [1.29, 1.82) is 5.26 Å². The average molecular weight is 354 g/mol. The standard InChI is InChI=1S/C17H15FN6O2/c1-3-26-16(25)15-13-7-14-17(2,8-19)20-9-23(14)12-6-10(18)4-5-11(12)24(13)22-21-15/h4-6,9,14H,3,7H2,1-2H3. The highest BCUT2D eigenvalue weighted by atomic mass is 19.1. The van der Waals surface area contributed by atoms with E-state index < -0.39 is 23.4 Å². The first-order chi connectivity index (χ1) is 12.5. The zero-order valence-electron chi connectivity index (χ0n) is 14.2. The molecule has 4 rings (SSSR count). The molecule has 2 atom stereocenters. The van der Waals surface area contributed by atoms with Crippen LogP contribution in [-0.4, -0.2) is 45.5 Å². The second kappa shape index (κ2) is 5.62. The lowest BCUT2D eigenvalue weighted by atomic mass is 9.90. The second-order valence-corrected chi connectivity index (χ2v) is 6.28. The number of aromatic nitrogens is 3. The maximum Gasteiger partial charge on any atom is 0.360 e. The van der Waals surface area contributed by atoms with Crippen LogP contribution in [-0.2, 0) is 11.2 Å². The van der Waals surface area contributed by atoms with Crippen LogP contribution in [0.2, 0.25) is 0 Å². The average Bonchev–Trinajstić information content (AvgIpc) is 3.15. The molecule has 0 spiro atoms. The molecule has 2 aliphatic heterocycles. The third-order valence-corrected chi connectivity index (χ3v) is 4.72. The Kier molecular flexibility index (Phi) is 3.50. The number of anilines is 1. The van der Waals surface area contributed by atoms with Gasteiger partial charge in [0.1, 0.15) is 5.82 Å². The van der Waals surface area contributed by atoms with Gasteiger partial charge in [0, 0.05) is 6.42 Å². The van der Waals surface area contributed by atoms with Crippen molar-refractivity contribution in [1.82, 2.24) is 15.0 Å². The summed E-state index contributed by atoms with van der Waals surface area (Å²) in [4.78, 5) is 18.3. The molecule has 0 N–H and O–H groups in total. The maximum absolute atomic E-state index is 13.9. The number of halogens is 1. The molecule has 3 heterocycles. The molecule has 2 unspecified atom stereocenters. The maximum atomic E-state index is 13.9. The van der Waals surface area contributed by atoms with Gasteiger partial charge in [-0.15, -0.1) is 5.10 Å². The Hall–Kier alpha value is -3.28. The number of nitriles is 1. The second-order valence-electron chi connectivity index (χ2n) is 6.28. The summed E-state index contributed by atoms with van der Waals surface area (Å²) in [5, 5.41) is 17.7. The summed E-state index contributed by atoms with van der Waals surface area (Å²) in [6, 6.07) is 6.02. The van der Waals surface area contributed by atoms with Gasteiger partial charge in [-0.1, -0.05) is 5.21 Å². The molecule has 0 saturated carbocycles. The van der Waals surface area contributed by atoms with E-state index in [1.165, 1.54) is 23.2 Å². The van der Waals surface area contributed by atoms with Gasteiger partial charge in [0.25, 0.3) is 0 Å². The fourth-order valence-electron chi connectivity index (χ4n) is 3.35. The largest absolute Gasteiger partial charge is 0.461 e. The minimum absolute atomic E-state index is 0.0937. The van der Waals surface area contributed by atoms with E-state index in [-0.39, 0.29) is 18.7 Å². The van der Waals surface area contributed by atoms with E-state index in [9.17, 15) is 14.4 Å². The summed E-state index contributed by atoms with van der Waals surface area (Å²) in [6.45, 7) is 3.62. The quantitative estimate of drug-likeness (QED) is 0.761. The predicted octanol–water partition coefficient (Wildman–Crippen LogP) is 1.64. The number of fused-ring (bicyclic) bond motifs is 5. The van der Waals surface area contributed by atoms with E-state index in [0.717, 1.165) is 0 Å². The predicted molar refractivity (Wildman–Crippen MR) is 89.8 cm³/mol. The SMILES string of the molecule is CCOC(=O)c1nnn2c1CC1N(C=NC1(C)C#N)c1cc(F)ccc1-2. The first-order valence-electron chi connectivity index (χ1n) is 8.15. The molecule has 1 aromatic carbocycles. The van der Waals surface area contributed by atoms with E-state index in [2.05, 4.69) is 21.4 Å². The Bertz CT molecular complexity index is 978. The van der Waals surface area contributed by atoms with E-state index in [1.807, 2.05) is 0 Å². The molecule has 2 aliphatic rings. The van der Waals surface area contributed by atoms with E-state index >= 15 is 0 Å². The Morgan fingerprint density at radius 3 is 3.04 bits per heavy atom. The number of rotatable bonds is 2. The summed E-state index contributed by atoms with van der Waals surface area (Å²) < 4.78 is 20.5. The third-order valence-electron chi connectivity index (χ3n) is 4.72. The first-order valence-corrected chi connectivity index (χ1v) is 8.15. The van der Waals surface area contributed by atoms with Crippen molar-refractivity contribution in [3.63, 3.8) is 0 Å². The molecule has 9 heteroatoms. The van der Waals surface area contributed by atoms with Gasteiger partial charge in [0.15, 0.2) is 11.2 Å². The van der Waals surface area contributed by atoms with E-state index in [0.29, 0.717) is 17.1 Å². The monoisotopic (exact) mass is 354 g/mol. The van der Waals surface area contributed by atoms with Crippen LogP contribution in [0, 0.1) is 17.1 Å². The molecule has 26 heavy (non-hydrogen) atoms. The van der Waals surface area contributed by atoms with Crippen LogP contribution in [0.3, 0.4) is 0 Å². The normalized spacial score (nSPS) is 22.8. The topological polar surface area (TPSA) is 96.4 Å². The van der Waals surface area contributed by atoms with Crippen molar-refractivity contribution >= 4 is 18.0 Å². The number of benzene rings is 1. The van der Waals surface area contributed by atoms with E-state index in [4.69, 9.17) is 4.74 Å². The van der Waals surface area contributed by atoms with Crippen molar-refractivity contribution in [3.05, 3.63) is 35.4 Å². The Morgan fingerprint density at radius 2 is 2.31 bits per heavy atom. The van der Waals surface area contributed by atoms with Crippen molar-refractivity contribution < 1.29 is 13.9 Å². The molecule has 0 fully saturated rings. The minimum atomic E-state index is -1.05. The first kappa shape index (κ1) is 16.2. The summed E-state index contributed by atoms with van der Waals surface area (Å²) >= 11 is 0. The van der Waals surface area contributed by atoms with Crippen LogP contribution in [0.25, 0.3) is 5.69 Å². The van der Waals surface area contributed by atoms with Crippen LogP contribution >= 0.6 is 0 Å². The van der Waals surface area contributed by atoms with Gasteiger partial charge in [0.05, 0.1) is 42.1 Å². The lowest BCUT2D eigenvalue weighted by Crippen LogP contribution is -2.44. The van der Waals surface area contributed by atoms with E-state index in [1.54, 1.807) is 24.8 Å². The molecule has 0 amide bonds. The molecular weight excluding hydrogens is 339 g/mol. The minimum Gasteiger partial charge on any atom is -0.461 e. The zero-order valence-corrected chi connectivity index (χ0v) is 14.2. The molecule has 2 aromatic rings. The summed E-state index contributed by atoms with van der Waals surface area (Å²) in [6.07, 6.45) is 1.82. The Labute approximate surface area is 148 Å². The van der Waals surface area contributed by atoms with Crippen LogP contribution in [0.4, 0.5) is 10.1 Å². The van der Waals surface area contributed by atoms with Gasteiger partial charge < -0.3 is 9.64 Å². The van der Waals surface area contributed by atoms with Crippen LogP contribution in [0.1, 0.15) is 30.0 Å². The fraction of sp³-hybridized carbons (Fsp3) is 0.353. The fourth-order valence-corrected chi connectivity index (χ4v) is 3.35. The zero-order chi connectivity index (χ0) is 18.5. The Morgan fingerprint density at radius 1 is 1.50 bits per heavy atom. The van der Waals surface area contributed by atoms with Crippen molar-refractivity contribution in [2.75, 3.05) is 11.5 Å². The molecular formula is C17H15FN6O2. The number of aliphatic imine (C=N–C) groups is 1. The number of hydrogen-bond donors (Lipinski definition) is 0. The number of nitrogens with zero attached hydrogens (tertiary/aromatic N) is 6. The van der Waals surface area contributed by atoms with Crippen molar-refractivity contribution in [3.8, 4) is 11.8 Å². The van der Waals surface area contributed by atoms with Gasteiger partial charge in [-0.25, -0.2) is 13.9 Å². The number of carbonyl (C=O) groups excluding carboxylic acids is 1. The summed E-state index contributed by atoms with van der Waals surface area (Å²) in [5.41, 5.74) is 0.624. The number of ether oxygens (including phenoxy) is 1. The summed E-state index contributed by atoms with van der Waals surface area (Å²) in [5.74, 6) is -1.00. The lowest BCUT2D eigenvalue weighted by molar-refractivity contribution is 0.0518. The Balaban J connectivity index is 1.94. The molecule has 1 aromatic heterocycles. The lowest BCUT2D eigenvalue weighted by Gasteiger charge is -2.29. The van der Waals surface area contributed by atoms with Gasteiger partial charge in [-0.05, 0) is 32.0 Å². The third kappa shape index (κ3) is 2.19. The van der Waals surface area contributed by atoms with Gasteiger partial charge >= 0.3 is 5.97 Å². The van der Waals surface area contributed by atoms with Gasteiger partial charge in [0.2, 0.25) is 0 Å². The molecule has 8 nitrogen and oxygen atoms in total.